The maximum Gasteiger partial charge on any atom is 0.100 e. The standard InChI is InChI=1S/C15H18N4S/c1-4-17-10-12-5-6-14(13(8-12)9-16)20-15-7-11(2)18-19(15)3/h5-8,17H,4,10H2,1-3H3. The van der Waals surface area contributed by atoms with E-state index in [1.54, 1.807) is 11.8 Å². The van der Waals surface area contributed by atoms with Crippen LogP contribution in [0.15, 0.2) is 34.2 Å². The molecule has 0 bridgehead atoms. The molecule has 104 valence electrons. The smallest absolute Gasteiger partial charge is 0.100 e. The Morgan fingerprint density at radius 1 is 1.40 bits per heavy atom. The van der Waals surface area contributed by atoms with Gasteiger partial charge < -0.3 is 5.32 Å². The predicted octanol–water partition coefficient (Wildman–Crippen LogP) is 2.86. The second-order valence-electron chi connectivity index (χ2n) is 4.57. The van der Waals surface area contributed by atoms with Gasteiger partial charge in [-0.3, -0.25) is 4.68 Å². The second kappa shape index (κ2) is 6.60. The number of aryl methyl sites for hydroxylation is 2. The van der Waals surface area contributed by atoms with Crippen molar-refractivity contribution in [2.75, 3.05) is 6.54 Å². The number of rotatable bonds is 5. The highest BCUT2D eigenvalue weighted by atomic mass is 32.2. The molecule has 0 saturated heterocycles. The molecule has 0 fully saturated rings. The SMILES string of the molecule is CCNCc1ccc(Sc2cc(C)nn2C)c(C#N)c1. The Morgan fingerprint density at radius 2 is 2.20 bits per heavy atom. The lowest BCUT2D eigenvalue weighted by atomic mass is 10.1. The fourth-order valence-electron chi connectivity index (χ4n) is 1.93. The van der Waals surface area contributed by atoms with Crippen LogP contribution >= 0.6 is 11.8 Å². The summed E-state index contributed by atoms with van der Waals surface area (Å²) in [7, 11) is 1.92. The van der Waals surface area contributed by atoms with Gasteiger partial charge in [0.05, 0.1) is 16.3 Å². The van der Waals surface area contributed by atoms with E-state index in [1.807, 2.05) is 36.9 Å². The van der Waals surface area contributed by atoms with Crippen LogP contribution in [-0.2, 0) is 13.6 Å². The summed E-state index contributed by atoms with van der Waals surface area (Å²) in [5.41, 5.74) is 2.83. The normalized spacial score (nSPS) is 10.5. The van der Waals surface area contributed by atoms with Crippen molar-refractivity contribution in [3.05, 3.63) is 41.1 Å². The van der Waals surface area contributed by atoms with E-state index < -0.39 is 0 Å². The quantitative estimate of drug-likeness (QED) is 0.918. The number of benzene rings is 1. The maximum atomic E-state index is 9.31. The van der Waals surface area contributed by atoms with Crippen molar-refractivity contribution < 1.29 is 0 Å². The van der Waals surface area contributed by atoms with Crippen LogP contribution < -0.4 is 5.32 Å². The molecule has 1 aromatic carbocycles. The molecule has 0 saturated carbocycles. The van der Waals surface area contributed by atoms with Gasteiger partial charge in [0.15, 0.2) is 0 Å². The lowest BCUT2D eigenvalue weighted by Crippen LogP contribution is -2.11. The molecule has 5 heteroatoms. The summed E-state index contributed by atoms with van der Waals surface area (Å²) in [4.78, 5) is 0.968. The molecule has 0 unspecified atom stereocenters. The van der Waals surface area contributed by atoms with E-state index in [9.17, 15) is 5.26 Å². The van der Waals surface area contributed by atoms with Crippen molar-refractivity contribution in [1.29, 1.82) is 5.26 Å². The molecule has 1 N–H and O–H groups in total. The highest BCUT2D eigenvalue weighted by Crippen LogP contribution is 2.30. The molecule has 0 atom stereocenters. The van der Waals surface area contributed by atoms with Gasteiger partial charge in [0.1, 0.15) is 6.07 Å². The Kier molecular flexibility index (Phi) is 4.83. The minimum absolute atomic E-state index is 0.712. The summed E-state index contributed by atoms with van der Waals surface area (Å²) in [6.07, 6.45) is 0. The average molecular weight is 286 g/mol. The van der Waals surface area contributed by atoms with Gasteiger partial charge in [-0.05, 0) is 37.2 Å². The third-order valence-corrected chi connectivity index (χ3v) is 4.08. The van der Waals surface area contributed by atoms with Gasteiger partial charge in [-0.2, -0.15) is 10.4 Å². The lowest BCUT2D eigenvalue weighted by Gasteiger charge is -2.07. The van der Waals surface area contributed by atoms with Crippen molar-refractivity contribution in [3.8, 4) is 6.07 Å². The fraction of sp³-hybridized carbons (Fsp3) is 0.333. The summed E-state index contributed by atoms with van der Waals surface area (Å²) < 4.78 is 1.84. The van der Waals surface area contributed by atoms with Gasteiger partial charge >= 0.3 is 0 Å². The highest BCUT2D eigenvalue weighted by molar-refractivity contribution is 7.99. The maximum absolute atomic E-state index is 9.31. The molecule has 0 aliphatic rings. The third kappa shape index (κ3) is 3.41. The van der Waals surface area contributed by atoms with E-state index in [1.165, 1.54) is 0 Å². The number of nitrogens with one attached hydrogen (secondary N) is 1. The minimum Gasteiger partial charge on any atom is -0.313 e. The highest BCUT2D eigenvalue weighted by Gasteiger charge is 2.09. The van der Waals surface area contributed by atoms with Crippen LogP contribution in [0.5, 0.6) is 0 Å². The molecule has 0 amide bonds. The van der Waals surface area contributed by atoms with E-state index in [0.717, 1.165) is 34.3 Å². The number of hydrogen-bond donors (Lipinski definition) is 1. The van der Waals surface area contributed by atoms with Crippen molar-refractivity contribution in [2.24, 2.45) is 7.05 Å². The second-order valence-corrected chi connectivity index (χ2v) is 5.63. The Morgan fingerprint density at radius 3 is 2.80 bits per heavy atom. The zero-order valence-corrected chi connectivity index (χ0v) is 12.8. The summed E-state index contributed by atoms with van der Waals surface area (Å²) in [5, 5.41) is 17.9. The molecule has 20 heavy (non-hydrogen) atoms. The molecule has 1 aromatic heterocycles. The Balaban J connectivity index is 2.24. The van der Waals surface area contributed by atoms with Crippen LogP contribution in [0.4, 0.5) is 0 Å². The Bertz CT molecular complexity index is 640. The van der Waals surface area contributed by atoms with Crippen molar-refractivity contribution in [3.63, 3.8) is 0 Å². The summed E-state index contributed by atoms with van der Waals surface area (Å²) in [5.74, 6) is 0. The number of nitrogens with zero attached hydrogens (tertiary/aromatic N) is 3. The number of aromatic nitrogens is 2. The van der Waals surface area contributed by atoms with Crippen LogP contribution in [-0.4, -0.2) is 16.3 Å². The van der Waals surface area contributed by atoms with E-state index in [0.29, 0.717) is 5.56 Å². The topological polar surface area (TPSA) is 53.6 Å². The first-order valence-electron chi connectivity index (χ1n) is 6.56. The van der Waals surface area contributed by atoms with Crippen LogP contribution in [0.3, 0.4) is 0 Å². The summed E-state index contributed by atoms with van der Waals surface area (Å²) >= 11 is 1.58. The van der Waals surface area contributed by atoms with Gasteiger partial charge in [-0.25, -0.2) is 0 Å². The van der Waals surface area contributed by atoms with Crippen LogP contribution in [0, 0.1) is 18.3 Å². The molecule has 0 aliphatic carbocycles. The van der Waals surface area contributed by atoms with E-state index in [4.69, 9.17) is 0 Å². The van der Waals surface area contributed by atoms with Crippen molar-refractivity contribution >= 4 is 11.8 Å². The molecule has 2 aromatic rings. The third-order valence-electron chi connectivity index (χ3n) is 2.92. The van der Waals surface area contributed by atoms with Gasteiger partial charge in [0.2, 0.25) is 0 Å². The zero-order chi connectivity index (χ0) is 14.5. The molecule has 4 nitrogen and oxygen atoms in total. The Hall–Kier alpha value is -1.77. The molecular formula is C15H18N4S. The van der Waals surface area contributed by atoms with E-state index in [2.05, 4.69) is 29.5 Å². The minimum atomic E-state index is 0.712. The first-order chi connectivity index (χ1) is 9.63. The van der Waals surface area contributed by atoms with Gasteiger partial charge in [0.25, 0.3) is 0 Å². The molecule has 1 heterocycles. The summed E-state index contributed by atoms with van der Waals surface area (Å²) in [6, 6.07) is 10.3. The monoisotopic (exact) mass is 286 g/mol. The first-order valence-corrected chi connectivity index (χ1v) is 7.38. The van der Waals surface area contributed by atoms with Crippen LogP contribution in [0.2, 0.25) is 0 Å². The lowest BCUT2D eigenvalue weighted by molar-refractivity contribution is 0.692. The summed E-state index contributed by atoms with van der Waals surface area (Å²) in [6.45, 7) is 5.75. The van der Waals surface area contributed by atoms with Crippen molar-refractivity contribution in [1.82, 2.24) is 15.1 Å². The van der Waals surface area contributed by atoms with Crippen LogP contribution in [0.25, 0.3) is 0 Å². The van der Waals surface area contributed by atoms with E-state index >= 15 is 0 Å². The first kappa shape index (κ1) is 14.6. The van der Waals surface area contributed by atoms with Gasteiger partial charge in [-0.1, -0.05) is 24.8 Å². The Labute approximate surface area is 123 Å². The number of nitriles is 1. The zero-order valence-electron chi connectivity index (χ0n) is 12.0. The number of hydrogen-bond acceptors (Lipinski definition) is 4. The molecule has 2 rings (SSSR count). The van der Waals surface area contributed by atoms with Gasteiger partial charge in [0, 0.05) is 18.5 Å². The molecular weight excluding hydrogens is 268 g/mol. The van der Waals surface area contributed by atoms with Crippen molar-refractivity contribution in [2.45, 2.75) is 30.3 Å². The average Bonchev–Trinajstić information content (AvgIpc) is 2.75. The fourth-order valence-corrected chi connectivity index (χ4v) is 2.91. The molecule has 0 radical (unpaired) electrons. The van der Waals surface area contributed by atoms with E-state index in [-0.39, 0.29) is 0 Å². The van der Waals surface area contributed by atoms with Gasteiger partial charge in [-0.15, -0.1) is 0 Å². The molecule has 0 aliphatic heterocycles. The molecule has 0 spiro atoms. The van der Waals surface area contributed by atoms with Crippen LogP contribution in [0.1, 0.15) is 23.7 Å². The predicted molar refractivity (Wildman–Crippen MR) is 80.6 cm³/mol. The largest absolute Gasteiger partial charge is 0.313 e.